The predicted octanol–water partition coefficient (Wildman–Crippen LogP) is 3.91. The molecule has 144 valence electrons. The Kier molecular flexibility index (Phi) is 6.22. The summed E-state index contributed by atoms with van der Waals surface area (Å²) in [5.74, 6) is 0.853. The first-order valence-corrected chi connectivity index (χ1v) is 9.62. The van der Waals surface area contributed by atoms with Crippen molar-refractivity contribution in [2.45, 2.75) is 38.8 Å². The van der Waals surface area contributed by atoms with Gasteiger partial charge in [0, 0.05) is 36.4 Å². The Morgan fingerprint density at radius 1 is 1.19 bits per heavy atom. The van der Waals surface area contributed by atoms with Crippen molar-refractivity contribution in [2.24, 2.45) is 0 Å². The lowest BCUT2D eigenvalue weighted by Gasteiger charge is -2.35. The maximum absolute atomic E-state index is 12.7. The van der Waals surface area contributed by atoms with Gasteiger partial charge in [0.2, 0.25) is 0 Å². The number of anilines is 2. The van der Waals surface area contributed by atoms with Crippen molar-refractivity contribution in [3.8, 4) is 5.75 Å². The molecule has 2 aromatic rings. The standard InChI is InChI=1S/C22H29N3O2/c1-16(2)23-18-9-6-8-17(14-18)22(26)24-19-10-7-13-25(15-19)20-11-4-5-12-21(20)27-3/h4-6,8-9,11-12,14,16,19,23H,7,10,13,15H2,1-3H3,(H,24,26). The second-order valence-corrected chi connectivity index (χ2v) is 7.31. The third-order valence-corrected chi connectivity index (χ3v) is 4.76. The second-order valence-electron chi connectivity index (χ2n) is 7.31. The fraction of sp³-hybridized carbons (Fsp3) is 0.409. The van der Waals surface area contributed by atoms with E-state index in [-0.39, 0.29) is 11.9 Å². The number of para-hydroxylation sites is 2. The zero-order valence-corrected chi connectivity index (χ0v) is 16.4. The van der Waals surface area contributed by atoms with Crippen LogP contribution in [-0.2, 0) is 0 Å². The van der Waals surface area contributed by atoms with Crippen LogP contribution in [0.5, 0.6) is 5.75 Å². The van der Waals surface area contributed by atoms with Crippen LogP contribution >= 0.6 is 0 Å². The van der Waals surface area contributed by atoms with Gasteiger partial charge in [0.25, 0.3) is 5.91 Å². The second kappa shape index (κ2) is 8.80. The van der Waals surface area contributed by atoms with Gasteiger partial charge in [-0.3, -0.25) is 4.79 Å². The molecule has 0 aromatic heterocycles. The molecule has 1 atom stereocenters. The summed E-state index contributed by atoms with van der Waals surface area (Å²) in [7, 11) is 1.69. The first-order chi connectivity index (χ1) is 13.1. The van der Waals surface area contributed by atoms with Gasteiger partial charge in [-0.25, -0.2) is 0 Å². The molecule has 2 aromatic carbocycles. The van der Waals surface area contributed by atoms with Crippen LogP contribution < -0.4 is 20.3 Å². The molecule has 1 fully saturated rings. The van der Waals surface area contributed by atoms with Gasteiger partial charge in [-0.2, -0.15) is 0 Å². The number of benzene rings is 2. The van der Waals surface area contributed by atoms with Crippen molar-refractivity contribution in [1.29, 1.82) is 0 Å². The summed E-state index contributed by atoms with van der Waals surface area (Å²) in [6.07, 6.45) is 2.03. The van der Waals surface area contributed by atoms with E-state index in [1.165, 1.54) is 0 Å². The number of amides is 1. The van der Waals surface area contributed by atoms with Gasteiger partial charge in [-0.15, -0.1) is 0 Å². The average Bonchev–Trinajstić information content (AvgIpc) is 2.68. The van der Waals surface area contributed by atoms with Gasteiger partial charge in [0.05, 0.1) is 12.8 Å². The van der Waals surface area contributed by atoms with Gasteiger partial charge in [0.15, 0.2) is 0 Å². The smallest absolute Gasteiger partial charge is 0.251 e. The van der Waals surface area contributed by atoms with Crippen LogP contribution in [0, 0.1) is 0 Å². The first-order valence-electron chi connectivity index (χ1n) is 9.62. The summed E-state index contributed by atoms with van der Waals surface area (Å²) in [5, 5.41) is 6.55. The highest BCUT2D eigenvalue weighted by atomic mass is 16.5. The summed E-state index contributed by atoms with van der Waals surface area (Å²) in [5.41, 5.74) is 2.74. The van der Waals surface area contributed by atoms with Crippen molar-refractivity contribution in [3.63, 3.8) is 0 Å². The van der Waals surface area contributed by atoms with Crippen molar-refractivity contribution >= 4 is 17.3 Å². The monoisotopic (exact) mass is 367 g/mol. The highest BCUT2D eigenvalue weighted by Gasteiger charge is 2.23. The molecule has 0 saturated carbocycles. The number of rotatable bonds is 6. The summed E-state index contributed by atoms with van der Waals surface area (Å²) >= 11 is 0. The normalized spacial score (nSPS) is 16.9. The SMILES string of the molecule is COc1ccccc1N1CCCC(NC(=O)c2cccc(NC(C)C)c2)C1. The lowest BCUT2D eigenvalue weighted by Crippen LogP contribution is -2.47. The van der Waals surface area contributed by atoms with Gasteiger partial charge in [-0.05, 0) is 57.0 Å². The number of ether oxygens (including phenoxy) is 1. The van der Waals surface area contributed by atoms with Gasteiger partial charge < -0.3 is 20.3 Å². The lowest BCUT2D eigenvalue weighted by atomic mass is 10.0. The summed E-state index contributed by atoms with van der Waals surface area (Å²) < 4.78 is 5.49. The predicted molar refractivity (Wildman–Crippen MR) is 111 cm³/mol. The number of carbonyl (C=O) groups is 1. The Hall–Kier alpha value is -2.69. The Morgan fingerprint density at radius 2 is 2.00 bits per heavy atom. The third-order valence-electron chi connectivity index (χ3n) is 4.76. The Labute approximate surface area is 161 Å². The Bertz CT molecular complexity index is 776. The van der Waals surface area contributed by atoms with E-state index in [4.69, 9.17) is 4.74 Å². The van der Waals surface area contributed by atoms with E-state index in [2.05, 4.69) is 35.4 Å². The molecule has 1 amide bonds. The van der Waals surface area contributed by atoms with Crippen LogP contribution in [0.2, 0.25) is 0 Å². The number of methoxy groups -OCH3 is 1. The fourth-order valence-electron chi connectivity index (χ4n) is 3.56. The molecule has 0 bridgehead atoms. The summed E-state index contributed by atoms with van der Waals surface area (Å²) in [6, 6.07) is 16.2. The molecule has 1 unspecified atom stereocenters. The highest BCUT2D eigenvalue weighted by molar-refractivity contribution is 5.95. The number of piperidine rings is 1. The van der Waals surface area contributed by atoms with Crippen LogP contribution in [0.15, 0.2) is 48.5 Å². The zero-order chi connectivity index (χ0) is 19.2. The van der Waals surface area contributed by atoms with E-state index < -0.39 is 0 Å². The number of carbonyl (C=O) groups excluding carboxylic acids is 1. The molecule has 1 saturated heterocycles. The highest BCUT2D eigenvalue weighted by Crippen LogP contribution is 2.30. The minimum absolute atomic E-state index is 0.0192. The van der Waals surface area contributed by atoms with Crippen molar-refractivity contribution in [2.75, 3.05) is 30.4 Å². The van der Waals surface area contributed by atoms with E-state index >= 15 is 0 Å². The molecule has 0 radical (unpaired) electrons. The van der Waals surface area contributed by atoms with E-state index in [9.17, 15) is 4.79 Å². The van der Waals surface area contributed by atoms with Crippen LogP contribution in [0.3, 0.4) is 0 Å². The molecular weight excluding hydrogens is 338 g/mol. The van der Waals surface area contributed by atoms with Crippen LogP contribution in [0.4, 0.5) is 11.4 Å². The van der Waals surface area contributed by atoms with E-state index in [1.807, 2.05) is 42.5 Å². The van der Waals surface area contributed by atoms with Crippen LogP contribution in [0.25, 0.3) is 0 Å². The number of hydrogen-bond donors (Lipinski definition) is 2. The number of nitrogens with one attached hydrogen (secondary N) is 2. The largest absolute Gasteiger partial charge is 0.495 e. The fourth-order valence-corrected chi connectivity index (χ4v) is 3.56. The molecule has 1 aliphatic rings. The molecular formula is C22H29N3O2. The zero-order valence-electron chi connectivity index (χ0n) is 16.4. The van der Waals surface area contributed by atoms with Crippen LogP contribution in [-0.4, -0.2) is 38.2 Å². The minimum Gasteiger partial charge on any atom is -0.495 e. The molecule has 2 N–H and O–H groups in total. The summed E-state index contributed by atoms with van der Waals surface area (Å²) in [4.78, 5) is 15.0. The minimum atomic E-state index is -0.0192. The topological polar surface area (TPSA) is 53.6 Å². The van der Waals surface area contributed by atoms with E-state index in [1.54, 1.807) is 7.11 Å². The molecule has 27 heavy (non-hydrogen) atoms. The Balaban J connectivity index is 1.66. The average molecular weight is 367 g/mol. The van der Waals surface area contributed by atoms with Crippen LogP contribution in [0.1, 0.15) is 37.0 Å². The van der Waals surface area contributed by atoms with Crippen molar-refractivity contribution < 1.29 is 9.53 Å². The van der Waals surface area contributed by atoms with E-state index in [0.29, 0.717) is 11.6 Å². The Morgan fingerprint density at radius 3 is 2.78 bits per heavy atom. The number of hydrogen-bond acceptors (Lipinski definition) is 4. The molecule has 0 spiro atoms. The van der Waals surface area contributed by atoms with Gasteiger partial charge in [-0.1, -0.05) is 18.2 Å². The molecule has 0 aliphatic carbocycles. The molecule has 1 aliphatic heterocycles. The molecule has 3 rings (SSSR count). The third kappa shape index (κ3) is 4.94. The molecule has 5 nitrogen and oxygen atoms in total. The van der Waals surface area contributed by atoms with E-state index in [0.717, 1.165) is 43.1 Å². The van der Waals surface area contributed by atoms with Gasteiger partial charge >= 0.3 is 0 Å². The molecule has 5 heteroatoms. The van der Waals surface area contributed by atoms with Crippen molar-refractivity contribution in [3.05, 3.63) is 54.1 Å². The molecule has 1 heterocycles. The maximum atomic E-state index is 12.7. The number of nitrogens with zero attached hydrogens (tertiary/aromatic N) is 1. The lowest BCUT2D eigenvalue weighted by molar-refractivity contribution is 0.0933. The quantitative estimate of drug-likeness (QED) is 0.813. The van der Waals surface area contributed by atoms with Gasteiger partial charge in [0.1, 0.15) is 5.75 Å². The maximum Gasteiger partial charge on any atom is 0.251 e. The van der Waals surface area contributed by atoms with Crippen molar-refractivity contribution in [1.82, 2.24) is 5.32 Å². The first kappa shape index (κ1) is 19.1. The summed E-state index contributed by atoms with van der Waals surface area (Å²) in [6.45, 7) is 5.93.